The normalized spacial score (nSPS) is 20.9. The summed E-state index contributed by atoms with van der Waals surface area (Å²) in [7, 11) is 0. The van der Waals surface area contributed by atoms with Gasteiger partial charge in [0, 0.05) is 28.2 Å². The van der Waals surface area contributed by atoms with Crippen LogP contribution >= 0.6 is 15.9 Å². The Morgan fingerprint density at radius 2 is 1.76 bits per heavy atom. The molecule has 0 spiro atoms. The van der Waals surface area contributed by atoms with Gasteiger partial charge in [-0.1, -0.05) is 54.6 Å². The summed E-state index contributed by atoms with van der Waals surface area (Å²) in [4.78, 5) is 18.9. The Bertz CT molecular complexity index is 1250. The molecule has 0 radical (unpaired) electrons. The third-order valence-electron chi connectivity index (χ3n) is 7.09. The first-order valence-corrected chi connectivity index (χ1v) is 12.0. The molecule has 166 valence electrons. The largest absolute Gasteiger partial charge is 0.448 e. The van der Waals surface area contributed by atoms with Crippen LogP contribution in [0.1, 0.15) is 41.9 Å². The first-order chi connectivity index (χ1) is 16.1. The highest BCUT2D eigenvalue weighted by atomic mass is 79.9. The van der Waals surface area contributed by atoms with Crippen molar-refractivity contribution in [1.29, 1.82) is 0 Å². The molecule has 33 heavy (non-hydrogen) atoms. The first kappa shape index (κ1) is 20.6. The average molecular weight is 505 g/mol. The molecule has 1 aliphatic carbocycles. The second-order valence-electron chi connectivity index (χ2n) is 8.90. The van der Waals surface area contributed by atoms with Crippen molar-refractivity contribution in [1.82, 2.24) is 9.88 Å². The topological polar surface area (TPSA) is 42.4 Å². The number of amides is 1. The van der Waals surface area contributed by atoms with Crippen molar-refractivity contribution >= 4 is 27.6 Å². The molecule has 1 saturated heterocycles. The van der Waals surface area contributed by atoms with Gasteiger partial charge in [0.1, 0.15) is 6.61 Å². The zero-order valence-corrected chi connectivity index (χ0v) is 19.5. The van der Waals surface area contributed by atoms with Gasteiger partial charge in [0.25, 0.3) is 0 Å². The van der Waals surface area contributed by atoms with E-state index < -0.39 is 5.95 Å². The maximum atomic E-state index is 14.3. The van der Waals surface area contributed by atoms with E-state index in [9.17, 15) is 9.18 Å². The molecule has 2 atom stereocenters. The third-order valence-corrected chi connectivity index (χ3v) is 7.53. The fraction of sp³-hybridized carbons (Fsp3) is 0.259. The van der Waals surface area contributed by atoms with Gasteiger partial charge in [0.15, 0.2) is 0 Å². The van der Waals surface area contributed by atoms with Gasteiger partial charge in [-0.2, -0.15) is 4.39 Å². The summed E-state index contributed by atoms with van der Waals surface area (Å²) >= 11 is 3.38. The molecule has 4 nitrogen and oxygen atoms in total. The molecule has 1 amide bonds. The van der Waals surface area contributed by atoms with Crippen LogP contribution in [-0.4, -0.2) is 34.7 Å². The second-order valence-corrected chi connectivity index (χ2v) is 9.81. The smallest absolute Gasteiger partial charge is 0.410 e. The van der Waals surface area contributed by atoms with Gasteiger partial charge in [0.2, 0.25) is 5.95 Å². The number of fused-ring (bicyclic) bond motifs is 5. The minimum atomic E-state index is -0.474. The molecule has 1 aromatic heterocycles. The van der Waals surface area contributed by atoms with E-state index in [1.807, 2.05) is 35.2 Å². The highest BCUT2D eigenvalue weighted by Crippen LogP contribution is 2.45. The van der Waals surface area contributed by atoms with E-state index in [4.69, 9.17) is 4.74 Å². The van der Waals surface area contributed by atoms with Crippen LogP contribution in [0.3, 0.4) is 0 Å². The number of nitrogens with zero attached hydrogens (tertiary/aromatic N) is 2. The van der Waals surface area contributed by atoms with Crippen molar-refractivity contribution in [3.63, 3.8) is 0 Å². The van der Waals surface area contributed by atoms with E-state index in [-0.39, 0.29) is 24.1 Å². The van der Waals surface area contributed by atoms with Crippen molar-refractivity contribution in [3.05, 3.63) is 94.0 Å². The van der Waals surface area contributed by atoms with E-state index in [0.29, 0.717) is 18.6 Å². The minimum Gasteiger partial charge on any atom is -0.448 e. The van der Waals surface area contributed by atoms with Crippen molar-refractivity contribution < 1.29 is 13.9 Å². The van der Waals surface area contributed by atoms with E-state index in [2.05, 4.69) is 45.2 Å². The Morgan fingerprint density at radius 3 is 2.45 bits per heavy atom. The summed E-state index contributed by atoms with van der Waals surface area (Å²) in [5, 5.41) is 0. The number of carbonyl (C=O) groups excluding carboxylic acids is 1. The van der Waals surface area contributed by atoms with Gasteiger partial charge in [-0.25, -0.2) is 9.78 Å². The molecule has 2 aliphatic heterocycles. The summed E-state index contributed by atoms with van der Waals surface area (Å²) in [6.07, 6.45) is 5.54. The first-order valence-electron chi connectivity index (χ1n) is 11.3. The number of ether oxygens (including phenoxy) is 1. The van der Waals surface area contributed by atoms with Crippen LogP contribution in [-0.2, 0) is 4.74 Å². The summed E-state index contributed by atoms with van der Waals surface area (Å²) < 4.78 is 21.0. The summed E-state index contributed by atoms with van der Waals surface area (Å²) in [5.41, 5.74) is 6.25. The second kappa shape index (κ2) is 8.10. The molecule has 3 aromatic rings. The molecule has 1 fully saturated rings. The molecule has 6 rings (SSSR count). The molecule has 6 heteroatoms. The summed E-state index contributed by atoms with van der Waals surface area (Å²) in [5.74, 6) is -0.435. The number of halogens is 2. The van der Waals surface area contributed by atoms with Crippen molar-refractivity contribution in [2.75, 3.05) is 6.61 Å². The minimum absolute atomic E-state index is 0.0176. The lowest BCUT2D eigenvalue weighted by Gasteiger charge is -2.33. The van der Waals surface area contributed by atoms with Crippen molar-refractivity contribution in [2.45, 2.75) is 37.3 Å². The lowest BCUT2D eigenvalue weighted by Crippen LogP contribution is -2.43. The van der Waals surface area contributed by atoms with E-state index >= 15 is 0 Å². The van der Waals surface area contributed by atoms with Crippen molar-refractivity contribution in [2.24, 2.45) is 0 Å². The predicted molar refractivity (Wildman–Crippen MR) is 128 cm³/mol. The molecule has 3 heterocycles. The number of rotatable bonds is 3. The van der Waals surface area contributed by atoms with E-state index in [1.54, 1.807) is 6.07 Å². The molecule has 3 aliphatic rings. The van der Waals surface area contributed by atoms with Crippen LogP contribution in [0.4, 0.5) is 9.18 Å². The highest BCUT2D eigenvalue weighted by molar-refractivity contribution is 9.10. The Hall–Kier alpha value is -2.99. The monoisotopic (exact) mass is 504 g/mol. The van der Waals surface area contributed by atoms with Crippen LogP contribution in [0.25, 0.3) is 16.7 Å². The SMILES string of the molecule is O=C(OCC1c2ccccc2-c2ccccc21)N1C2C=C(c3cc(Br)cnc3F)CC1CC2. The van der Waals surface area contributed by atoms with E-state index in [1.165, 1.54) is 28.5 Å². The Kier molecular flexibility index (Phi) is 5.06. The number of aromatic nitrogens is 1. The molecule has 2 bridgehead atoms. The van der Waals surface area contributed by atoms with E-state index in [0.717, 1.165) is 22.9 Å². The maximum Gasteiger partial charge on any atom is 0.410 e. The Labute approximate surface area is 200 Å². The lowest BCUT2D eigenvalue weighted by atomic mass is 9.96. The van der Waals surface area contributed by atoms with Gasteiger partial charge < -0.3 is 4.74 Å². The highest BCUT2D eigenvalue weighted by Gasteiger charge is 2.41. The zero-order valence-electron chi connectivity index (χ0n) is 17.9. The summed E-state index contributed by atoms with van der Waals surface area (Å²) in [6, 6.07) is 18.4. The van der Waals surface area contributed by atoms with Gasteiger partial charge >= 0.3 is 6.09 Å². The standard InChI is InChI=1S/C27H22BrFN2O2/c28-17-13-24(26(29)30-14-17)16-11-18-9-10-19(12-16)31(18)27(32)33-15-25-22-7-3-1-5-20(22)21-6-2-4-8-23(21)25/h1-8,11,13-14,18-19,25H,9-10,12,15H2. The fourth-order valence-electron chi connectivity index (χ4n) is 5.63. The van der Waals surface area contributed by atoms with Gasteiger partial charge in [-0.05, 0) is 69.1 Å². The van der Waals surface area contributed by atoms with Gasteiger partial charge in [-0.3, -0.25) is 4.90 Å². The van der Waals surface area contributed by atoms with Crippen LogP contribution in [0.2, 0.25) is 0 Å². The maximum absolute atomic E-state index is 14.3. The van der Waals surface area contributed by atoms with Crippen LogP contribution in [0.15, 0.2) is 71.3 Å². The number of pyridine rings is 1. The van der Waals surface area contributed by atoms with Crippen molar-refractivity contribution in [3.8, 4) is 11.1 Å². The molecular weight excluding hydrogens is 483 g/mol. The molecule has 0 saturated carbocycles. The predicted octanol–water partition coefficient (Wildman–Crippen LogP) is 6.55. The molecule has 0 N–H and O–H groups in total. The Morgan fingerprint density at radius 1 is 1.06 bits per heavy atom. The van der Waals surface area contributed by atoms with Crippen LogP contribution in [0, 0.1) is 5.95 Å². The molecule has 2 unspecified atom stereocenters. The summed E-state index contributed by atoms with van der Waals surface area (Å²) in [6.45, 7) is 0.309. The lowest BCUT2D eigenvalue weighted by molar-refractivity contribution is 0.0866. The number of hydrogen-bond acceptors (Lipinski definition) is 3. The zero-order chi connectivity index (χ0) is 22.5. The van der Waals surface area contributed by atoms with Crippen LogP contribution < -0.4 is 0 Å². The fourth-order valence-corrected chi connectivity index (χ4v) is 5.96. The van der Waals surface area contributed by atoms with Crippen LogP contribution in [0.5, 0.6) is 0 Å². The third kappa shape index (κ3) is 3.48. The molecular formula is C27H22BrFN2O2. The van der Waals surface area contributed by atoms with Gasteiger partial charge in [0.05, 0.1) is 6.04 Å². The number of benzene rings is 2. The van der Waals surface area contributed by atoms with Gasteiger partial charge in [-0.15, -0.1) is 0 Å². The quantitative estimate of drug-likeness (QED) is 0.379. The number of hydrogen-bond donors (Lipinski definition) is 0. The molecule has 2 aromatic carbocycles. The Balaban J connectivity index is 1.21. The number of carbonyl (C=O) groups is 1. The average Bonchev–Trinajstić information content (AvgIpc) is 3.30.